The average molecular weight is 351 g/mol. The molecule has 2 aromatic carbocycles. The third-order valence-corrected chi connectivity index (χ3v) is 3.99. The van der Waals surface area contributed by atoms with Crippen molar-refractivity contribution in [2.45, 2.75) is 32.6 Å². The van der Waals surface area contributed by atoms with Gasteiger partial charge in [-0.3, -0.25) is 0 Å². The molecular formula is C18H23BrO2. The molecule has 0 radical (unpaired) electrons. The van der Waals surface area contributed by atoms with Gasteiger partial charge in [-0.2, -0.15) is 0 Å². The monoisotopic (exact) mass is 350 g/mol. The van der Waals surface area contributed by atoms with Crippen molar-refractivity contribution < 1.29 is 9.47 Å². The van der Waals surface area contributed by atoms with Gasteiger partial charge in [-0.1, -0.05) is 53.0 Å². The average Bonchev–Trinajstić information content (AvgIpc) is 2.52. The molecule has 0 aliphatic rings. The molecule has 0 aliphatic heterocycles. The van der Waals surface area contributed by atoms with Crippen LogP contribution in [0.5, 0.6) is 11.5 Å². The van der Waals surface area contributed by atoms with Crippen LogP contribution in [0.25, 0.3) is 10.8 Å². The number of unbranched alkanes of at least 4 members (excludes halogenated alkanes) is 3. The van der Waals surface area contributed by atoms with Crippen molar-refractivity contribution in [1.29, 1.82) is 0 Å². The van der Waals surface area contributed by atoms with Crippen molar-refractivity contribution in [1.82, 2.24) is 0 Å². The van der Waals surface area contributed by atoms with Crippen molar-refractivity contribution >= 4 is 26.7 Å². The molecule has 0 N–H and O–H groups in total. The Morgan fingerprint density at radius 3 is 2.05 bits per heavy atom. The fourth-order valence-electron chi connectivity index (χ4n) is 2.38. The maximum atomic E-state index is 5.97. The molecule has 0 heterocycles. The predicted octanol–water partition coefficient (Wildman–Crippen LogP) is 5.57. The Morgan fingerprint density at radius 1 is 0.810 bits per heavy atom. The van der Waals surface area contributed by atoms with Crippen LogP contribution in [0.1, 0.15) is 32.6 Å². The highest BCUT2D eigenvalue weighted by atomic mass is 79.9. The van der Waals surface area contributed by atoms with Gasteiger partial charge in [0.1, 0.15) is 11.5 Å². The molecule has 0 saturated carbocycles. The highest BCUT2D eigenvalue weighted by Gasteiger charge is 2.07. The zero-order valence-corrected chi connectivity index (χ0v) is 14.2. The van der Waals surface area contributed by atoms with Gasteiger partial charge < -0.3 is 9.47 Å². The molecule has 0 fully saturated rings. The van der Waals surface area contributed by atoms with Gasteiger partial charge >= 0.3 is 0 Å². The number of benzene rings is 2. The Morgan fingerprint density at radius 2 is 1.43 bits per heavy atom. The Labute approximate surface area is 135 Å². The predicted molar refractivity (Wildman–Crippen MR) is 92.9 cm³/mol. The molecule has 0 spiro atoms. The largest absolute Gasteiger partial charge is 0.493 e. The molecule has 0 aliphatic carbocycles. The molecule has 0 unspecified atom stereocenters. The van der Waals surface area contributed by atoms with Crippen LogP contribution in [0.2, 0.25) is 0 Å². The van der Waals surface area contributed by atoms with E-state index in [-0.39, 0.29) is 0 Å². The lowest BCUT2D eigenvalue weighted by Crippen LogP contribution is -1.99. The van der Waals surface area contributed by atoms with Crippen LogP contribution in [0.4, 0.5) is 0 Å². The van der Waals surface area contributed by atoms with E-state index in [0.717, 1.165) is 40.6 Å². The Balaban J connectivity index is 2.02. The third-order valence-electron chi connectivity index (χ3n) is 3.43. The summed E-state index contributed by atoms with van der Waals surface area (Å²) in [6.07, 6.45) is 4.83. The minimum atomic E-state index is 0.678. The van der Waals surface area contributed by atoms with Crippen LogP contribution in [0.3, 0.4) is 0 Å². The van der Waals surface area contributed by atoms with E-state index in [1.165, 1.54) is 19.3 Å². The summed E-state index contributed by atoms with van der Waals surface area (Å²) < 4.78 is 11.6. The molecule has 3 heteroatoms. The van der Waals surface area contributed by atoms with E-state index < -0.39 is 0 Å². The van der Waals surface area contributed by atoms with E-state index in [9.17, 15) is 0 Å². The van der Waals surface area contributed by atoms with E-state index in [2.05, 4.69) is 28.1 Å². The first-order valence-electron chi connectivity index (χ1n) is 7.70. The summed E-state index contributed by atoms with van der Waals surface area (Å²) in [5.41, 5.74) is 0. The molecule has 21 heavy (non-hydrogen) atoms. The number of ether oxygens (including phenoxy) is 2. The van der Waals surface area contributed by atoms with Crippen molar-refractivity contribution in [2.75, 3.05) is 18.5 Å². The van der Waals surface area contributed by atoms with Gasteiger partial charge in [0.15, 0.2) is 0 Å². The summed E-state index contributed by atoms with van der Waals surface area (Å²) in [4.78, 5) is 0. The lowest BCUT2D eigenvalue weighted by atomic mass is 10.1. The van der Waals surface area contributed by atoms with Gasteiger partial charge in [-0.05, 0) is 31.9 Å². The molecule has 2 rings (SSSR count). The molecule has 0 atom stereocenters. The maximum Gasteiger partial charge on any atom is 0.127 e. The summed E-state index contributed by atoms with van der Waals surface area (Å²) in [5.74, 6) is 1.88. The van der Waals surface area contributed by atoms with E-state index in [1.807, 2.05) is 31.2 Å². The second-order valence-corrected chi connectivity index (χ2v) is 5.79. The summed E-state index contributed by atoms with van der Waals surface area (Å²) >= 11 is 3.46. The third kappa shape index (κ3) is 4.63. The number of rotatable bonds is 9. The number of halogens is 1. The molecule has 2 nitrogen and oxygen atoms in total. The van der Waals surface area contributed by atoms with Gasteiger partial charge in [-0.15, -0.1) is 0 Å². The van der Waals surface area contributed by atoms with E-state index in [1.54, 1.807) is 0 Å². The Kier molecular flexibility index (Phi) is 6.87. The Hall–Kier alpha value is -1.22. The number of alkyl halides is 1. The quantitative estimate of drug-likeness (QED) is 0.434. The summed E-state index contributed by atoms with van der Waals surface area (Å²) in [6.45, 7) is 3.46. The zero-order chi connectivity index (χ0) is 14.9. The first-order valence-corrected chi connectivity index (χ1v) is 8.82. The van der Waals surface area contributed by atoms with E-state index in [0.29, 0.717) is 6.61 Å². The summed E-state index contributed by atoms with van der Waals surface area (Å²) in [7, 11) is 0. The lowest BCUT2D eigenvalue weighted by molar-refractivity contribution is 0.307. The lowest BCUT2D eigenvalue weighted by Gasteiger charge is -2.12. The first-order chi connectivity index (χ1) is 10.4. The van der Waals surface area contributed by atoms with Gasteiger partial charge in [0.2, 0.25) is 0 Å². The molecule has 2 aromatic rings. The number of fused-ring (bicyclic) bond motifs is 1. The van der Waals surface area contributed by atoms with Gasteiger partial charge in [0.25, 0.3) is 0 Å². The minimum Gasteiger partial charge on any atom is -0.493 e. The van der Waals surface area contributed by atoms with Crippen molar-refractivity contribution in [2.24, 2.45) is 0 Å². The van der Waals surface area contributed by atoms with Crippen LogP contribution in [0.15, 0.2) is 36.4 Å². The molecule has 0 aromatic heterocycles. The van der Waals surface area contributed by atoms with Crippen LogP contribution >= 0.6 is 15.9 Å². The summed E-state index contributed by atoms with van der Waals surface area (Å²) in [6, 6.07) is 12.3. The SMILES string of the molecule is CCOc1ccc(OCCCCCCBr)c2ccccc12. The van der Waals surface area contributed by atoms with Crippen LogP contribution in [0, 0.1) is 0 Å². The first kappa shape index (κ1) is 16.2. The van der Waals surface area contributed by atoms with Gasteiger partial charge in [-0.25, -0.2) is 0 Å². The molecule has 0 bridgehead atoms. The second-order valence-electron chi connectivity index (χ2n) is 4.99. The van der Waals surface area contributed by atoms with E-state index >= 15 is 0 Å². The fraction of sp³-hybridized carbons (Fsp3) is 0.444. The summed E-state index contributed by atoms with van der Waals surface area (Å²) in [5, 5.41) is 3.34. The number of hydrogen-bond donors (Lipinski definition) is 0. The molecule has 114 valence electrons. The molecule has 0 saturated heterocycles. The Bertz CT molecular complexity index is 554. The number of hydrogen-bond acceptors (Lipinski definition) is 2. The van der Waals surface area contributed by atoms with Gasteiger partial charge in [0.05, 0.1) is 13.2 Å². The van der Waals surface area contributed by atoms with Crippen LogP contribution < -0.4 is 9.47 Å². The van der Waals surface area contributed by atoms with Crippen LogP contribution in [-0.4, -0.2) is 18.5 Å². The van der Waals surface area contributed by atoms with Crippen LogP contribution in [-0.2, 0) is 0 Å². The second kappa shape index (κ2) is 8.93. The topological polar surface area (TPSA) is 18.5 Å². The fourth-order valence-corrected chi connectivity index (χ4v) is 2.78. The smallest absolute Gasteiger partial charge is 0.127 e. The van der Waals surface area contributed by atoms with Gasteiger partial charge in [0, 0.05) is 16.1 Å². The normalized spacial score (nSPS) is 10.8. The minimum absolute atomic E-state index is 0.678. The van der Waals surface area contributed by atoms with Crippen molar-refractivity contribution in [3.63, 3.8) is 0 Å². The maximum absolute atomic E-state index is 5.97. The zero-order valence-electron chi connectivity index (χ0n) is 12.6. The van der Waals surface area contributed by atoms with E-state index in [4.69, 9.17) is 9.47 Å². The highest BCUT2D eigenvalue weighted by Crippen LogP contribution is 2.33. The van der Waals surface area contributed by atoms with Crippen molar-refractivity contribution in [3.8, 4) is 11.5 Å². The molecular weight excluding hydrogens is 328 g/mol. The van der Waals surface area contributed by atoms with Crippen molar-refractivity contribution in [3.05, 3.63) is 36.4 Å². The standard InChI is InChI=1S/C18H23BrO2/c1-2-20-17-11-12-18(16-10-6-5-9-15(16)17)21-14-8-4-3-7-13-19/h5-6,9-12H,2-4,7-8,13-14H2,1H3. The molecule has 0 amide bonds. The highest BCUT2D eigenvalue weighted by molar-refractivity contribution is 9.09.